The van der Waals surface area contributed by atoms with Crippen molar-refractivity contribution in [3.63, 3.8) is 0 Å². The summed E-state index contributed by atoms with van der Waals surface area (Å²) in [5.41, 5.74) is 7.29. The lowest BCUT2D eigenvalue weighted by Gasteiger charge is -2.57. The Morgan fingerprint density at radius 2 is 1.92 bits per heavy atom. The Labute approximate surface area is 144 Å². The molecule has 134 valence electrons. The molecule has 2 atom stereocenters. The fourth-order valence-corrected chi connectivity index (χ4v) is 3.24. The molecule has 2 rings (SSSR count). The lowest BCUT2D eigenvalue weighted by Crippen LogP contribution is -2.75. The van der Waals surface area contributed by atoms with Crippen LogP contribution in [0.2, 0.25) is 0 Å². The van der Waals surface area contributed by atoms with Gasteiger partial charge in [-0.15, -0.1) is 0 Å². The summed E-state index contributed by atoms with van der Waals surface area (Å²) in [4.78, 5) is 12.7. The third-order valence-electron chi connectivity index (χ3n) is 5.25. The van der Waals surface area contributed by atoms with Crippen molar-refractivity contribution >= 4 is 5.91 Å². The predicted octanol–water partition coefficient (Wildman–Crippen LogP) is 2.37. The Kier molecular flexibility index (Phi) is 6.01. The molecular weight excluding hydrogens is 304 g/mol. The summed E-state index contributed by atoms with van der Waals surface area (Å²) in [7, 11) is 0. The minimum Gasteiger partial charge on any atom is -0.378 e. The molecule has 3 N–H and O–H groups in total. The third kappa shape index (κ3) is 3.48. The molecular formula is C19H30N2O3. The zero-order valence-electron chi connectivity index (χ0n) is 15.2. The summed E-state index contributed by atoms with van der Waals surface area (Å²) in [6.07, 6.45) is 0.587. The number of hydrogen-bond acceptors (Lipinski definition) is 4. The molecule has 5 heteroatoms. The van der Waals surface area contributed by atoms with Crippen molar-refractivity contribution in [2.75, 3.05) is 13.2 Å². The largest absolute Gasteiger partial charge is 0.378 e. The number of carbonyl (C=O) groups is 1. The van der Waals surface area contributed by atoms with Gasteiger partial charge in [0, 0.05) is 31.6 Å². The van der Waals surface area contributed by atoms with E-state index in [2.05, 4.69) is 5.32 Å². The molecule has 5 nitrogen and oxygen atoms in total. The van der Waals surface area contributed by atoms with E-state index in [1.807, 2.05) is 52.0 Å². The molecule has 1 aromatic rings. The summed E-state index contributed by atoms with van der Waals surface area (Å²) in [6, 6.07) is 7.97. The Morgan fingerprint density at radius 1 is 1.25 bits per heavy atom. The molecule has 1 fully saturated rings. The third-order valence-corrected chi connectivity index (χ3v) is 5.25. The van der Waals surface area contributed by atoms with Gasteiger partial charge in [-0.1, -0.05) is 38.1 Å². The first-order chi connectivity index (χ1) is 11.4. The van der Waals surface area contributed by atoms with E-state index in [0.29, 0.717) is 32.8 Å². The quantitative estimate of drug-likeness (QED) is 0.765. The van der Waals surface area contributed by atoms with E-state index < -0.39 is 5.54 Å². The first kappa shape index (κ1) is 18.9. The standard InChI is InChI=1S/C19H30N2O3/c1-5-23-13-15-10-8-7-9-14(15)12-21-17(22)19(20)11-16(24-6-2)18(19,3)4/h7-10,16H,5-6,11-13,20H2,1-4H3,(H,21,22). The number of hydrogen-bond donors (Lipinski definition) is 2. The van der Waals surface area contributed by atoms with Crippen LogP contribution in [0.15, 0.2) is 24.3 Å². The number of carbonyl (C=O) groups excluding carboxylic acids is 1. The molecule has 0 heterocycles. The van der Waals surface area contributed by atoms with Gasteiger partial charge >= 0.3 is 0 Å². The molecule has 1 aliphatic carbocycles. The van der Waals surface area contributed by atoms with Crippen LogP contribution in [0, 0.1) is 5.41 Å². The van der Waals surface area contributed by atoms with Crippen molar-refractivity contribution in [3.8, 4) is 0 Å². The average Bonchev–Trinajstić information content (AvgIpc) is 2.58. The number of amides is 1. The van der Waals surface area contributed by atoms with Gasteiger partial charge in [0.15, 0.2) is 0 Å². The van der Waals surface area contributed by atoms with Crippen LogP contribution in [-0.4, -0.2) is 30.8 Å². The summed E-state index contributed by atoms with van der Waals surface area (Å²) in [6.45, 7) is 10.2. The van der Waals surface area contributed by atoms with Crippen LogP contribution in [0.5, 0.6) is 0 Å². The van der Waals surface area contributed by atoms with Crippen molar-refractivity contribution in [3.05, 3.63) is 35.4 Å². The van der Waals surface area contributed by atoms with Gasteiger partial charge in [0.2, 0.25) is 5.91 Å². The van der Waals surface area contributed by atoms with E-state index in [-0.39, 0.29) is 17.4 Å². The number of nitrogens with two attached hydrogens (primary N) is 1. The number of ether oxygens (including phenoxy) is 2. The van der Waals surface area contributed by atoms with Gasteiger partial charge < -0.3 is 20.5 Å². The van der Waals surface area contributed by atoms with Gasteiger partial charge in [-0.05, 0) is 25.0 Å². The highest BCUT2D eigenvalue weighted by molar-refractivity contribution is 5.88. The van der Waals surface area contributed by atoms with Gasteiger partial charge in [-0.25, -0.2) is 0 Å². The highest BCUT2D eigenvalue weighted by Gasteiger charge is 2.62. The summed E-state index contributed by atoms with van der Waals surface area (Å²) < 4.78 is 11.2. The van der Waals surface area contributed by atoms with Crippen molar-refractivity contribution in [2.45, 2.75) is 58.9 Å². The van der Waals surface area contributed by atoms with Crippen molar-refractivity contribution < 1.29 is 14.3 Å². The second kappa shape index (κ2) is 7.64. The lowest BCUT2D eigenvalue weighted by atomic mass is 9.54. The molecule has 0 aromatic heterocycles. The predicted molar refractivity (Wildman–Crippen MR) is 94.3 cm³/mol. The minimum absolute atomic E-state index is 0.0310. The van der Waals surface area contributed by atoms with E-state index in [9.17, 15) is 4.79 Å². The maximum Gasteiger partial charge on any atom is 0.241 e. The second-order valence-electron chi connectivity index (χ2n) is 6.93. The van der Waals surface area contributed by atoms with Gasteiger partial charge in [-0.3, -0.25) is 4.79 Å². The van der Waals surface area contributed by atoms with Crippen LogP contribution >= 0.6 is 0 Å². The van der Waals surface area contributed by atoms with Crippen LogP contribution in [0.4, 0.5) is 0 Å². The van der Waals surface area contributed by atoms with Crippen molar-refractivity contribution in [1.29, 1.82) is 0 Å². The van der Waals surface area contributed by atoms with Crippen LogP contribution in [0.25, 0.3) is 0 Å². The molecule has 0 saturated heterocycles. The van der Waals surface area contributed by atoms with Gasteiger partial charge in [0.1, 0.15) is 5.54 Å². The highest BCUT2D eigenvalue weighted by atomic mass is 16.5. The fraction of sp³-hybridized carbons (Fsp3) is 0.632. The zero-order chi connectivity index (χ0) is 17.8. The van der Waals surface area contributed by atoms with Gasteiger partial charge in [-0.2, -0.15) is 0 Å². The molecule has 24 heavy (non-hydrogen) atoms. The molecule has 1 saturated carbocycles. The summed E-state index contributed by atoms with van der Waals surface area (Å²) in [5, 5.41) is 3.00. The van der Waals surface area contributed by atoms with E-state index in [1.54, 1.807) is 0 Å². The Hall–Kier alpha value is -1.43. The molecule has 1 amide bonds. The van der Waals surface area contributed by atoms with Crippen molar-refractivity contribution in [1.82, 2.24) is 5.32 Å². The van der Waals surface area contributed by atoms with E-state index in [0.717, 1.165) is 11.1 Å². The molecule has 2 unspecified atom stereocenters. The maximum atomic E-state index is 12.7. The number of rotatable bonds is 8. The minimum atomic E-state index is -0.887. The van der Waals surface area contributed by atoms with Crippen LogP contribution in [-0.2, 0) is 27.4 Å². The van der Waals surface area contributed by atoms with Gasteiger partial charge in [0.05, 0.1) is 12.7 Å². The Balaban J connectivity index is 1.99. The average molecular weight is 334 g/mol. The molecule has 0 bridgehead atoms. The van der Waals surface area contributed by atoms with Crippen LogP contribution in [0.1, 0.15) is 45.2 Å². The van der Waals surface area contributed by atoms with E-state index in [4.69, 9.17) is 15.2 Å². The summed E-state index contributed by atoms with van der Waals surface area (Å²) in [5.74, 6) is -0.116. The monoisotopic (exact) mass is 334 g/mol. The van der Waals surface area contributed by atoms with Gasteiger partial charge in [0.25, 0.3) is 0 Å². The fourth-order valence-electron chi connectivity index (χ4n) is 3.24. The Bertz CT molecular complexity index is 573. The lowest BCUT2D eigenvalue weighted by molar-refractivity contribution is -0.170. The summed E-state index contributed by atoms with van der Waals surface area (Å²) >= 11 is 0. The van der Waals surface area contributed by atoms with E-state index in [1.165, 1.54) is 0 Å². The van der Waals surface area contributed by atoms with E-state index >= 15 is 0 Å². The number of nitrogens with one attached hydrogen (secondary N) is 1. The molecule has 1 aromatic carbocycles. The molecule has 0 aliphatic heterocycles. The first-order valence-corrected chi connectivity index (χ1v) is 8.70. The number of benzene rings is 1. The smallest absolute Gasteiger partial charge is 0.241 e. The molecule has 0 radical (unpaired) electrons. The zero-order valence-corrected chi connectivity index (χ0v) is 15.2. The Morgan fingerprint density at radius 3 is 2.50 bits per heavy atom. The van der Waals surface area contributed by atoms with Crippen LogP contribution in [0.3, 0.4) is 0 Å². The van der Waals surface area contributed by atoms with Crippen molar-refractivity contribution in [2.24, 2.45) is 11.1 Å². The van der Waals surface area contributed by atoms with Crippen LogP contribution < -0.4 is 11.1 Å². The topological polar surface area (TPSA) is 73.6 Å². The second-order valence-corrected chi connectivity index (χ2v) is 6.93. The molecule has 0 spiro atoms. The SMILES string of the molecule is CCOCc1ccccc1CNC(=O)C1(N)CC(OCC)C1(C)C. The first-order valence-electron chi connectivity index (χ1n) is 8.70. The normalized spacial score (nSPS) is 25.1. The molecule has 1 aliphatic rings. The maximum absolute atomic E-state index is 12.7. The highest BCUT2D eigenvalue weighted by Crippen LogP contribution is 2.49.